The lowest BCUT2D eigenvalue weighted by atomic mass is 10.0. The Hall–Kier alpha value is -9.58. The Morgan fingerprint density at radius 1 is 0.268 bits per heavy atom. The summed E-state index contributed by atoms with van der Waals surface area (Å²) in [7, 11) is 0. The predicted molar refractivity (Wildman–Crippen MR) is 296 cm³/mol. The molecule has 0 radical (unpaired) electrons. The fourth-order valence-corrected chi connectivity index (χ4v) is 11.4. The maximum Gasteiger partial charge on any atom is 0.159 e. The number of anilines is 6. The molecule has 0 N–H and O–H groups in total. The van der Waals surface area contributed by atoms with Crippen LogP contribution in [-0.2, 0) is 0 Å². The molecule has 0 atom stereocenters. The fourth-order valence-electron chi connectivity index (χ4n) is 11.4. The third-order valence-corrected chi connectivity index (χ3v) is 14.5. The highest BCUT2D eigenvalue weighted by Crippen LogP contribution is 2.52. The van der Waals surface area contributed by atoms with Crippen molar-refractivity contribution in [3.05, 3.63) is 249 Å². The van der Waals surface area contributed by atoms with Crippen molar-refractivity contribution in [1.29, 1.82) is 0 Å². The molecule has 11 aromatic carbocycles. The first-order valence-electron chi connectivity index (χ1n) is 24.2. The van der Waals surface area contributed by atoms with Crippen LogP contribution in [0.4, 0.5) is 34.1 Å². The van der Waals surface area contributed by atoms with E-state index in [1.165, 1.54) is 38.2 Å². The zero-order valence-electron chi connectivity index (χ0n) is 38.3. The smallest absolute Gasteiger partial charge is 0.159 e. The molecule has 5 nitrogen and oxygen atoms in total. The summed E-state index contributed by atoms with van der Waals surface area (Å²) in [4.78, 5) is 4.79. The minimum absolute atomic E-state index is 0.848. The molecule has 0 amide bonds. The van der Waals surface area contributed by atoms with Crippen LogP contribution in [0.2, 0.25) is 0 Å². The average molecular weight is 908 g/mol. The Morgan fingerprint density at radius 2 is 0.620 bits per heavy atom. The molecule has 0 saturated carbocycles. The van der Waals surface area contributed by atoms with E-state index in [0.29, 0.717) is 0 Å². The minimum Gasteiger partial charge on any atom is -0.454 e. The Balaban J connectivity index is 0.979. The molecule has 0 spiro atoms. The summed E-state index contributed by atoms with van der Waals surface area (Å²) in [5.74, 6) is 0. The van der Waals surface area contributed by atoms with E-state index in [2.05, 4.69) is 251 Å². The molecule has 4 aromatic heterocycles. The number of nitrogens with zero attached hydrogens (tertiary/aromatic N) is 3. The molecule has 0 saturated heterocycles. The van der Waals surface area contributed by atoms with E-state index >= 15 is 0 Å². The van der Waals surface area contributed by atoms with Gasteiger partial charge in [0, 0.05) is 54.5 Å². The average Bonchev–Trinajstić information content (AvgIpc) is 4.21. The van der Waals surface area contributed by atoms with Crippen molar-refractivity contribution in [2.75, 3.05) is 9.80 Å². The first-order valence-corrected chi connectivity index (χ1v) is 24.2. The summed E-state index contributed by atoms with van der Waals surface area (Å²) in [6.45, 7) is 0. The summed E-state index contributed by atoms with van der Waals surface area (Å²) in [5, 5.41) is 9.06. The molecule has 5 heteroatoms. The van der Waals surface area contributed by atoms with E-state index in [-0.39, 0.29) is 0 Å². The van der Waals surface area contributed by atoms with Crippen LogP contribution in [0.15, 0.2) is 258 Å². The third kappa shape index (κ3) is 5.93. The zero-order chi connectivity index (χ0) is 46.6. The first-order chi connectivity index (χ1) is 35.2. The van der Waals surface area contributed by atoms with Gasteiger partial charge in [0.15, 0.2) is 11.2 Å². The first kappa shape index (κ1) is 39.4. The second-order valence-corrected chi connectivity index (χ2v) is 18.4. The van der Waals surface area contributed by atoms with Crippen LogP contribution in [0.25, 0.3) is 104 Å². The van der Waals surface area contributed by atoms with Crippen LogP contribution in [0, 0.1) is 0 Å². The normalized spacial score (nSPS) is 11.9. The second-order valence-electron chi connectivity index (χ2n) is 18.4. The fraction of sp³-hybridized carbons (Fsp3) is 0. The van der Waals surface area contributed by atoms with Gasteiger partial charge in [-0.15, -0.1) is 0 Å². The van der Waals surface area contributed by atoms with Gasteiger partial charge in [0.1, 0.15) is 11.2 Å². The summed E-state index contributed by atoms with van der Waals surface area (Å²) in [6, 6.07) is 89.0. The van der Waals surface area contributed by atoms with Crippen LogP contribution in [0.1, 0.15) is 0 Å². The maximum absolute atomic E-state index is 6.81. The molecule has 0 aliphatic heterocycles. The number of fused-ring (bicyclic) bond motifs is 12. The molecule has 15 aromatic rings. The van der Waals surface area contributed by atoms with Crippen molar-refractivity contribution >= 4 is 116 Å². The summed E-state index contributed by atoms with van der Waals surface area (Å²) < 4.78 is 16.1. The Bertz CT molecular complexity index is 4230. The number of furan rings is 2. The summed E-state index contributed by atoms with van der Waals surface area (Å²) in [6.07, 6.45) is 0. The second kappa shape index (κ2) is 15.5. The highest BCUT2D eigenvalue weighted by Gasteiger charge is 2.28. The number of aromatic nitrogens is 1. The van der Waals surface area contributed by atoms with Gasteiger partial charge in [0.05, 0.1) is 39.3 Å². The van der Waals surface area contributed by atoms with Gasteiger partial charge >= 0.3 is 0 Å². The van der Waals surface area contributed by atoms with Gasteiger partial charge in [-0.25, -0.2) is 0 Å². The largest absolute Gasteiger partial charge is 0.454 e. The van der Waals surface area contributed by atoms with Crippen molar-refractivity contribution in [2.45, 2.75) is 0 Å². The van der Waals surface area contributed by atoms with Gasteiger partial charge in [-0.05, 0) is 95.1 Å². The number of hydrogen-bond donors (Lipinski definition) is 0. The minimum atomic E-state index is 0.848. The van der Waals surface area contributed by atoms with Crippen molar-refractivity contribution in [2.24, 2.45) is 0 Å². The molecule has 332 valence electrons. The molecular formula is C66H41N3O2. The van der Waals surface area contributed by atoms with Crippen LogP contribution < -0.4 is 9.80 Å². The van der Waals surface area contributed by atoms with Crippen LogP contribution in [-0.4, -0.2) is 4.40 Å². The SMILES string of the molecule is c1ccc(-c2ccc(N(c3cccc4c3oc3ccccc34)c3cccc4c3c3cccc5c6c(N(c7ccc(-c8ccccc8)cc7)c7cccc8c7oc7ccccc78)cccc6n4c35)cc2)cc1. The van der Waals surface area contributed by atoms with Gasteiger partial charge in [0.2, 0.25) is 0 Å². The van der Waals surface area contributed by atoms with Crippen LogP contribution in [0.3, 0.4) is 0 Å². The lowest BCUT2D eigenvalue weighted by Gasteiger charge is -2.27. The van der Waals surface area contributed by atoms with Gasteiger partial charge in [-0.2, -0.15) is 0 Å². The van der Waals surface area contributed by atoms with Gasteiger partial charge in [-0.3, -0.25) is 0 Å². The van der Waals surface area contributed by atoms with E-state index in [1.807, 2.05) is 12.1 Å². The van der Waals surface area contributed by atoms with Crippen molar-refractivity contribution < 1.29 is 8.83 Å². The monoisotopic (exact) mass is 907 g/mol. The van der Waals surface area contributed by atoms with Crippen LogP contribution in [0.5, 0.6) is 0 Å². The van der Waals surface area contributed by atoms with Crippen molar-refractivity contribution in [3.63, 3.8) is 0 Å². The molecule has 0 aliphatic rings. The van der Waals surface area contributed by atoms with E-state index in [9.17, 15) is 0 Å². The molecule has 71 heavy (non-hydrogen) atoms. The quantitative estimate of drug-likeness (QED) is 0.152. The van der Waals surface area contributed by atoms with E-state index in [1.54, 1.807) is 0 Å². The Labute approximate surface area is 408 Å². The van der Waals surface area contributed by atoms with Crippen molar-refractivity contribution in [1.82, 2.24) is 4.40 Å². The topological polar surface area (TPSA) is 37.2 Å². The van der Waals surface area contributed by atoms with Crippen molar-refractivity contribution in [3.8, 4) is 22.3 Å². The Morgan fingerprint density at radius 3 is 1.08 bits per heavy atom. The number of hydrogen-bond acceptors (Lipinski definition) is 4. The highest BCUT2D eigenvalue weighted by molar-refractivity contribution is 6.29. The van der Waals surface area contributed by atoms with Gasteiger partial charge in [-0.1, -0.05) is 176 Å². The predicted octanol–water partition coefficient (Wildman–Crippen LogP) is 18.9. The summed E-state index contributed by atoms with van der Waals surface area (Å²) >= 11 is 0. The van der Waals surface area contributed by atoms with Gasteiger partial charge in [0.25, 0.3) is 0 Å². The third-order valence-electron chi connectivity index (χ3n) is 14.5. The zero-order valence-corrected chi connectivity index (χ0v) is 38.3. The number of benzene rings is 11. The maximum atomic E-state index is 6.81. The lowest BCUT2D eigenvalue weighted by Crippen LogP contribution is -2.11. The number of rotatable bonds is 8. The van der Waals surface area contributed by atoms with E-state index in [4.69, 9.17) is 8.83 Å². The molecular weight excluding hydrogens is 867 g/mol. The molecule has 0 fully saturated rings. The Kier molecular flexibility index (Phi) is 8.59. The molecule has 0 aliphatic carbocycles. The van der Waals surface area contributed by atoms with E-state index in [0.717, 1.165) is 100 Å². The molecule has 0 unspecified atom stereocenters. The molecule has 4 heterocycles. The van der Waals surface area contributed by atoms with E-state index < -0.39 is 0 Å². The molecule has 0 bridgehead atoms. The lowest BCUT2D eigenvalue weighted by molar-refractivity contribution is 0.669. The van der Waals surface area contributed by atoms with Gasteiger partial charge < -0.3 is 23.0 Å². The standard InChI is InChI=1S/C66H41N3O2/c1-3-16-42(17-4-1)44-34-38-46(39-35-44)67(58-30-12-22-50-48-20-7-9-32-60(48)70-65(50)58)54-26-14-28-56-62(54)52-24-11-25-53-63-55(27-15-29-57(63)69(56)64(52)53)68(47-40-36-45(37-41-47)43-18-5-2-6-19-43)59-31-13-23-51-49-21-8-10-33-61(49)71-66(51)59/h1-41H. The van der Waals surface area contributed by atoms with Crippen LogP contribution >= 0.6 is 0 Å². The molecule has 15 rings (SSSR count). The highest BCUT2D eigenvalue weighted by atomic mass is 16.3. The summed E-state index contributed by atoms with van der Waals surface area (Å²) in [5.41, 5.74) is 17.7. The number of para-hydroxylation sites is 5.